The summed E-state index contributed by atoms with van der Waals surface area (Å²) in [6.07, 6.45) is 9.68. The van der Waals surface area contributed by atoms with Crippen LogP contribution in [0.15, 0.2) is 12.2 Å². The van der Waals surface area contributed by atoms with E-state index in [0.29, 0.717) is 18.6 Å². The molecule has 0 aliphatic heterocycles. The molecule has 0 bridgehead atoms. The zero-order valence-electron chi connectivity index (χ0n) is 13.8. The van der Waals surface area contributed by atoms with Gasteiger partial charge in [0.2, 0.25) is 0 Å². The molecule has 0 saturated carbocycles. The van der Waals surface area contributed by atoms with Gasteiger partial charge in [0.25, 0.3) is 0 Å². The predicted molar refractivity (Wildman–Crippen MR) is 96.8 cm³/mol. The van der Waals surface area contributed by atoms with Crippen LogP contribution in [-0.4, -0.2) is 16.4 Å². The Morgan fingerprint density at radius 2 is 1.59 bits per heavy atom. The molecule has 0 radical (unpaired) electrons. The highest BCUT2D eigenvalue weighted by Crippen LogP contribution is 2.40. The number of rotatable bonds is 12. The largest absolute Gasteiger partial charge is 0.462 e. The third kappa shape index (κ3) is 11.6. The van der Waals surface area contributed by atoms with Crippen molar-refractivity contribution in [3.63, 3.8) is 0 Å². The van der Waals surface area contributed by atoms with E-state index < -0.39 is 3.79 Å². The molecule has 0 saturated heterocycles. The van der Waals surface area contributed by atoms with Gasteiger partial charge in [-0.2, -0.15) is 0 Å². The maximum absolute atomic E-state index is 11.3. The number of ether oxygens (including phenoxy) is 1. The van der Waals surface area contributed by atoms with Crippen LogP contribution in [0, 0.1) is 5.92 Å². The van der Waals surface area contributed by atoms with Crippen molar-refractivity contribution in [2.24, 2.45) is 5.92 Å². The second kappa shape index (κ2) is 12.5. The molecule has 0 fully saturated rings. The van der Waals surface area contributed by atoms with Crippen molar-refractivity contribution in [3.05, 3.63) is 12.2 Å². The zero-order valence-corrected chi connectivity index (χ0v) is 16.1. The summed E-state index contributed by atoms with van der Waals surface area (Å²) >= 11 is 18.2. The standard InChI is InChI=1S/C17H29Cl3O2/c1-4-5-6-7-8-9-11-15(17(18,19)20)12-10-13-22-16(21)14(2)3/h15H,2,4-13H2,1,3H3. The molecule has 0 heterocycles. The minimum absolute atomic E-state index is 0.00667. The molecule has 1 unspecified atom stereocenters. The molecule has 130 valence electrons. The van der Waals surface area contributed by atoms with Crippen LogP contribution in [0.1, 0.15) is 71.6 Å². The van der Waals surface area contributed by atoms with Gasteiger partial charge in [-0.25, -0.2) is 4.79 Å². The summed E-state index contributed by atoms with van der Waals surface area (Å²) < 4.78 is 3.82. The number of halogens is 3. The Hall–Kier alpha value is 0.0800. The van der Waals surface area contributed by atoms with Crippen molar-refractivity contribution < 1.29 is 9.53 Å². The Bertz CT molecular complexity index is 324. The molecule has 0 aliphatic rings. The predicted octanol–water partition coefficient (Wildman–Crippen LogP) is 6.62. The molecule has 1 atom stereocenters. The quantitative estimate of drug-likeness (QED) is 0.167. The second-order valence-corrected chi connectivity index (χ2v) is 8.22. The van der Waals surface area contributed by atoms with E-state index in [-0.39, 0.29) is 11.9 Å². The van der Waals surface area contributed by atoms with Gasteiger partial charge in [-0.05, 0) is 26.2 Å². The van der Waals surface area contributed by atoms with Gasteiger partial charge in [0.05, 0.1) is 6.61 Å². The van der Waals surface area contributed by atoms with E-state index in [4.69, 9.17) is 39.5 Å². The topological polar surface area (TPSA) is 26.3 Å². The number of unbranched alkanes of at least 4 members (excludes halogenated alkanes) is 5. The molecule has 0 spiro atoms. The number of carbonyl (C=O) groups is 1. The summed E-state index contributed by atoms with van der Waals surface area (Å²) in [6, 6.07) is 0. The van der Waals surface area contributed by atoms with Crippen LogP contribution in [0.25, 0.3) is 0 Å². The van der Waals surface area contributed by atoms with Gasteiger partial charge in [-0.1, -0.05) is 86.8 Å². The Kier molecular flexibility index (Phi) is 12.5. The van der Waals surface area contributed by atoms with Crippen LogP contribution >= 0.6 is 34.8 Å². The van der Waals surface area contributed by atoms with Crippen molar-refractivity contribution in [1.82, 2.24) is 0 Å². The lowest BCUT2D eigenvalue weighted by Gasteiger charge is -2.24. The van der Waals surface area contributed by atoms with E-state index in [1.807, 2.05) is 0 Å². The summed E-state index contributed by atoms with van der Waals surface area (Å²) in [6.45, 7) is 7.73. The lowest BCUT2D eigenvalue weighted by atomic mass is 9.97. The van der Waals surface area contributed by atoms with E-state index in [9.17, 15) is 4.79 Å². The van der Waals surface area contributed by atoms with Gasteiger partial charge in [-0.15, -0.1) is 0 Å². The summed E-state index contributed by atoms with van der Waals surface area (Å²) in [5.74, 6) is -0.353. The fourth-order valence-corrected chi connectivity index (χ4v) is 2.92. The van der Waals surface area contributed by atoms with Crippen LogP contribution in [0.4, 0.5) is 0 Å². The molecule has 0 amide bonds. The summed E-state index contributed by atoms with van der Waals surface area (Å²) in [4.78, 5) is 11.3. The zero-order chi connectivity index (χ0) is 17.0. The molecule has 5 heteroatoms. The lowest BCUT2D eigenvalue weighted by molar-refractivity contribution is -0.139. The van der Waals surface area contributed by atoms with Crippen LogP contribution in [-0.2, 0) is 9.53 Å². The number of esters is 1. The van der Waals surface area contributed by atoms with Crippen molar-refractivity contribution in [1.29, 1.82) is 0 Å². The maximum Gasteiger partial charge on any atom is 0.333 e. The molecule has 0 aromatic carbocycles. The molecule has 0 aliphatic carbocycles. The van der Waals surface area contributed by atoms with E-state index in [0.717, 1.165) is 19.3 Å². The number of alkyl halides is 3. The average molecular weight is 372 g/mol. The first-order valence-electron chi connectivity index (χ1n) is 8.18. The minimum atomic E-state index is -1.25. The molecule has 0 aromatic rings. The van der Waals surface area contributed by atoms with Crippen molar-refractivity contribution in [3.8, 4) is 0 Å². The Morgan fingerprint density at radius 1 is 1.05 bits per heavy atom. The van der Waals surface area contributed by atoms with E-state index >= 15 is 0 Å². The lowest BCUT2D eigenvalue weighted by Crippen LogP contribution is -2.20. The minimum Gasteiger partial charge on any atom is -0.462 e. The molecule has 22 heavy (non-hydrogen) atoms. The maximum atomic E-state index is 11.3. The van der Waals surface area contributed by atoms with Gasteiger partial charge in [0, 0.05) is 11.5 Å². The van der Waals surface area contributed by atoms with Crippen LogP contribution in [0.3, 0.4) is 0 Å². The highest BCUT2D eigenvalue weighted by atomic mass is 35.6. The Morgan fingerprint density at radius 3 is 2.14 bits per heavy atom. The van der Waals surface area contributed by atoms with Gasteiger partial charge in [-0.3, -0.25) is 0 Å². The normalized spacial score (nSPS) is 13.0. The van der Waals surface area contributed by atoms with Crippen LogP contribution in [0.2, 0.25) is 0 Å². The van der Waals surface area contributed by atoms with Crippen molar-refractivity contribution >= 4 is 40.8 Å². The van der Waals surface area contributed by atoms with Gasteiger partial charge in [0.1, 0.15) is 0 Å². The van der Waals surface area contributed by atoms with E-state index in [2.05, 4.69) is 13.5 Å². The molecular weight excluding hydrogens is 343 g/mol. The average Bonchev–Trinajstić information content (AvgIpc) is 2.42. The Balaban J connectivity index is 3.94. The molecule has 0 N–H and O–H groups in total. The monoisotopic (exact) mass is 370 g/mol. The van der Waals surface area contributed by atoms with E-state index in [1.165, 1.54) is 32.1 Å². The fraction of sp³-hybridized carbons (Fsp3) is 0.824. The molecule has 2 nitrogen and oxygen atoms in total. The SMILES string of the molecule is C=C(C)C(=O)OCCCC(CCCCCCCC)C(Cl)(Cl)Cl. The van der Waals surface area contributed by atoms with Gasteiger partial charge < -0.3 is 4.74 Å². The van der Waals surface area contributed by atoms with Crippen molar-refractivity contribution in [2.75, 3.05) is 6.61 Å². The van der Waals surface area contributed by atoms with Gasteiger partial charge >= 0.3 is 5.97 Å². The number of hydrogen-bond donors (Lipinski definition) is 0. The molecule has 0 rings (SSSR count). The number of carbonyl (C=O) groups excluding carboxylic acids is 1. The fourth-order valence-electron chi connectivity index (χ4n) is 2.26. The third-order valence-corrected chi connectivity index (χ3v) is 4.57. The molecule has 0 aromatic heterocycles. The summed E-state index contributed by atoms with van der Waals surface area (Å²) in [5, 5.41) is 0. The first-order chi connectivity index (χ1) is 10.3. The second-order valence-electron chi connectivity index (χ2n) is 5.85. The van der Waals surface area contributed by atoms with Crippen LogP contribution < -0.4 is 0 Å². The van der Waals surface area contributed by atoms with E-state index in [1.54, 1.807) is 6.92 Å². The first kappa shape index (κ1) is 22.1. The van der Waals surface area contributed by atoms with Gasteiger partial charge in [0.15, 0.2) is 3.79 Å². The molecular formula is C17H29Cl3O2. The summed E-state index contributed by atoms with van der Waals surface area (Å²) in [5.41, 5.74) is 0.407. The highest BCUT2D eigenvalue weighted by molar-refractivity contribution is 6.67. The third-order valence-electron chi connectivity index (χ3n) is 3.65. The highest BCUT2D eigenvalue weighted by Gasteiger charge is 2.31. The smallest absolute Gasteiger partial charge is 0.333 e. The summed E-state index contributed by atoms with van der Waals surface area (Å²) in [7, 11) is 0. The van der Waals surface area contributed by atoms with Crippen LogP contribution in [0.5, 0.6) is 0 Å². The number of hydrogen-bond acceptors (Lipinski definition) is 2. The van der Waals surface area contributed by atoms with Crippen molar-refractivity contribution in [2.45, 2.75) is 75.4 Å². The Labute approximate surface area is 150 Å². The first-order valence-corrected chi connectivity index (χ1v) is 9.31.